The molecule has 0 bridgehead atoms. The topological polar surface area (TPSA) is 77.7 Å². The Hall–Kier alpha value is -4.13. The van der Waals surface area contributed by atoms with Crippen LogP contribution in [0.15, 0.2) is 71.9 Å². The van der Waals surface area contributed by atoms with Crippen LogP contribution in [0.25, 0.3) is 10.8 Å². The summed E-state index contributed by atoms with van der Waals surface area (Å²) in [6, 6.07) is 22.1. The van der Waals surface area contributed by atoms with Crippen LogP contribution in [0.5, 0.6) is 5.75 Å². The van der Waals surface area contributed by atoms with Gasteiger partial charge in [0.1, 0.15) is 5.75 Å². The SMILES string of the molecule is COc1ccc(C2=NOC(C(=O)Nc3c(C)nn(Cc4cccc5ccccc45)c3C)C2)cc1. The van der Waals surface area contributed by atoms with E-state index < -0.39 is 6.10 Å². The first-order valence-electron chi connectivity index (χ1n) is 11.2. The number of benzene rings is 3. The van der Waals surface area contributed by atoms with E-state index in [0.29, 0.717) is 18.7 Å². The Balaban J connectivity index is 1.29. The number of ether oxygens (including phenoxy) is 1. The minimum absolute atomic E-state index is 0.233. The molecule has 7 nitrogen and oxygen atoms in total. The lowest BCUT2D eigenvalue weighted by Crippen LogP contribution is -2.28. The van der Waals surface area contributed by atoms with Crippen molar-refractivity contribution >= 4 is 28.1 Å². The molecular weight excluding hydrogens is 428 g/mol. The number of aryl methyl sites for hydroxylation is 1. The number of methoxy groups -OCH3 is 1. The van der Waals surface area contributed by atoms with Crippen molar-refractivity contribution < 1.29 is 14.4 Å². The average molecular weight is 455 g/mol. The molecule has 1 unspecified atom stereocenters. The van der Waals surface area contributed by atoms with Gasteiger partial charge in [-0.2, -0.15) is 5.10 Å². The summed E-state index contributed by atoms with van der Waals surface area (Å²) in [5.41, 5.74) is 5.20. The van der Waals surface area contributed by atoms with Gasteiger partial charge in [0.05, 0.1) is 36.4 Å². The molecule has 172 valence electrons. The second kappa shape index (κ2) is 9.02. The molecule has 5 rings (SSSR count). The number of fused-ring (bicyclic) bond motifs is 1. The Bertz CT molecular complexity index is 1380. The smallest absolute Gasteiger partial charge is 0.268 e. The number of nitrogens with one attached hydrogen (secondary N) is 1. The molecule has 4 aromatic rings. The highest BCUT2D eigenvalue weighted by Gasteiger charge is 2.30. The maximum Gasteiger partial charge on any atom is 0.268 e. The normalized spacial score (nSPS) is 15.1. The van der Waals surface area contributed by atoms with Crippen LogP contribution in [-0.2, 0) is 16.2 Å². The van der Waals surface area contributed by atoms with Gasteiger partial charge in [-0.15, -0.1) is 0 Å². The fraction of sp³-hybridized carbons (Fsp3) is 0.222. The van der Waals surface area contributed by atoms with E-state index in [2.05, 4.69) is 40.8 Å². The van der Waals surface area contributed by atoms with Crippen molar-refractivity contribution in [1.29, 1.82) is 0 Å². The van der Waals surface area contributed by atoms with Gasteiger partial charge in [0.15, 0.2) is 0 Å². The summed E-state index contributed by atoms with van der Waals surface area (Å²) in [6.07, 6.45) is -0.280. The molecule has 34 heavy (non-hydrogen) atoms. The molecule has 1 aromatic heterocycles. The third-order valence-electron chi connectivity index (χ3n) is 6.21. The zero-order chi connectivity index (χ0) is 23.7. The second-order valence-corrected chi connectivity index (χ2v) is 8.40. The highest BCUT2D eigenvalue weighted by Crippen LogP contribution is 2.25. The van der Waals surface area contributed by atoms with E-state index in [1.807, 2.05) is 54.9 Å². The van der Waals surface area contributed by atoms with Gasteiger partial charge in [0, 0.05) is 6.42 Å². The first kappa shape index (κ1) is 21.7. The predicted molar refractivity (Wildman–Crippen MR) is 132 cm³/mol. The Labute approximate surface area is 198 Å². The molecule has 1 aliphatic heterocycles. The summed E-state index contributed by atoms with van der Waals surface area (Å²) in [5, 5.41) is 14.2. The zero-order valence-corrected chi connectivity index (χ0v) is 19.4. The standard InChI is InChI=1S/C27H26N4O3/c1-17-26(18(2)31(29-17)16-21-9-6-8-19-7-4-5-10-23(19)21)28-27(32)25-15-24(30-34-25)20-11-13-22(33-3)14-12-20/h4-14,25H,15-16H2,1-3H3,(H,28,32). The van der Waals surface area contributed by atoms with Crippen LogP contribution in [0.3, 0.4) is 0 Å². The summed E-state index contributed by atoms with van der Waals surface area (Å²) < 4.78 is 7.13. The summed E-state index contributed by atoms with van der Waals surface area (Å²) >= 11 is 0. The first-order valence-corrected chi connectivity index (χ1v) is 11.2. The van der Waals surface area contributed by atoms with E-state index in [4.69, 9.17) is 14.7 Å². The third kappa shape index (κ3) is 4.12. The van der Waals surface area contributed by atoms with Crippen LogP contribution >= 0.6 is 0 Å². The summed E-state index contributed by atoms with van der Waals surface area (Å²) in [5.74, 6) is 0.534. The van der Waals surface area contributed by atoms with Crippen molar-refractivity contribution in [1.82, 2.24) is 9.78 Å². The number of nitrogens with zero attached hydrogens (tertiary/aromatic N) is 3. The summed E-state index contributed by atoms with van der Waals surface area (Å²) in [7, 11) is 1.62. The lowest BCUT2D eigenvalue weighted by atomic mass is 10.0. The molecule has 1 aliphatic rings. The van der Waals surface area contributed by atoms with Gasteiger partial charge in [-0.05, 0) is 60.0 Å². The number of carbonyl (C=O) groups is 1. The number of amides is 1. The molecule has 0 fully saturated rings. The molecule has 1 N–H and O–H groups in total. The molecule has 1 atom stereocenters. The van der Waals surface area contributed by atoms with Gasteiger partial charge in [0.2, 0.25) is 6.10 Å². The van der Waals surface area contributed by atoms with Crippen LogP contribution in [-0.4, -0.2) is 34.6 Å². The average Bonchev–Trinajstić information content (AvgIpc) is 3.46. The number of hydrogen-bond acceptors (Lipinski definition) is 5. The van der Waals surface area contributed by atoms with Gasteiger partial charge in [0.25, 0.3) is 5.91 Å². The van der Waals surface area contributed by atoms with Crippen molar-refractivity contribution in [2.75, 3.05) is 12.4 Å². The van der Waals surface area contributed by atoms with Crippen LogP contribution in [0, 0.1) is 13.8 Å². The quantitative estimate of drug-likeness (QED) is 0.452. The Morgan fingerprint density at radius 2 is 1.85 bits per heavy atom. The van der Waals surface area contributed by atoms with Gasteiger partial charge in [-0.25, -0.2) is 0 Å². The first-order chi connectivity index (χ1) is 16.5. The molecule has 0 radical (unpaired) electrons. The van der Waals surface area contributed by atoms with Crippen LogP contribution in [0.1, 0.15) is 28.9 Å². The summed E-state index contributed by atoms with van der Waals surface area (Å²) in [4.78, 5) is 18.4. The molecule has 1 amide bonds. The minimum Gasteiger partial charge on any atom is -0.497 e. The molecule has 0 saturated carbocycles. The van der Waals surface area contributed by atoms with Crippen molar-refractivity contribution in [2.45, 2.75) is 32.9 Å². The molecule has 0 spiro atoms. The fourth-order valence-corrected chi connectivity index (χ4v) is 4.30. The molecule has 2 heterocycles. The van der Waals surface area contributed by atoms with E-state index >= 15 is 0 Å². The minimum atomic E-state index is -0.683. The molecular formula is C27H26N4O3. The Kier molecular flexibility index (Phi) is 5.76. The fourth-order valence-electron chi connectivity index (χ4n) is 4.30. The number of anilines is 1. The monoisotopic (exact) mass is 454 g/mol. The van der Waals surface area contributed by atoms with Crippen molar-refractivity contribution in [3.8, 4) is 5.75 Å². The van der Waals surface area contributed by atoms with E-state index in [1.165, 1.54) is 16.3 Å². The van der Waals surface area contributed by atoms with E-state index in [-0.39, 0.29) is 5.91 Å². The lowest BCUT2D eigenvalue weighted by Gasteiger charge is -2.11. The van der Waals surface area contributed by atoms with E-state index in [0.717, 1.165) is 28.4 Å². The van der Waals surface area contributed by atoms with Crippen LogP contribution in [0.4, 0.5) is 5.69 Å². The summed E-state index contributed by atoms with van der Waals surface area (Å²) in [6.45, 7) is 4.49. The van der Waals surface area contributed by atoms with Gasteiger partial charge in [-0.3, -0.25) is 9.48 Å². The van der Waals surface area contributed by atoms with Crippen LogP contribution < -0.4 is 10.1 Å². The largest absolute Gasteiger partial charge is 0.497 e. The number of rotatable bonds is 6. The lowest BCUT2D eigenvalue weighted by molar-refractivity contribution is -0.125. The number of hydrogen-bond donors (Lipinski definition) is 1. The highest BCUT2D eigenvalue weighted by molar-refractivity contribution is 6.06. The molecule has 3 aromatic carbocycles. The van der Waals surface area contributed by atoms with Crippen LogP contribution in [0.2, 0.25) is 0 Å². The molecule has 7 heteroatoms. The van der Waals surface area contributed by atoms with Crippen molar-refractivity contribution in [3.63, 3.8) is 0 Å². The van der Waals surface area contributed by atoms with Crippen molar-refractivity contribution in [3.05, 3.63) is 89.2 Å². The third-order valence-corrected chi connectivity index (χ3v) is 6.21. The van der Waals surface area contributed by atoms with Gasteiger partial charge in [-0.1, -0.05) is 47.6 Å². The number of oxime groups is 1. The van der Waals surface area contributed by atoms with Gasteiger partial charge < -0.3 is 14.9 Å². The van der Waals surface area contributed by atoms with E-state index in [1.54, 1.807) is 7.11 Å². The second-order valence-electron chi connectivity index (χ2n) is 8.40. The number of carbonyl (C=O) groups excluding carboxylic acids is 1. The zero-order valence-electron chi connectivity index (χ0n) is 19.4. The Morgan fingerprint density at radius 3 is 2.65 bits per heavy atom. The maximum atomic E-state index is 13.0. The van der Waals surface area contributed by atoms with Gasteiger partial charge >= 0.3 is 0 Å². The molecule has 0 saturated heterocycles. The van der Waals surface area contributed by atoms with Crippen molar-refractivity contribution in [2.24, 2.45) is 5.16 Å². The number of aromatic nitrogens is 2. The maximum absolute atomic E-state index is 13.0. The highest BCUT2D eigenvalue weighted by atomic mass is 16.6. The van der Waals surface area contributed by atoms with E-state index in [9.17, 15) is 4.79 Å². The predicted octanol–water partition coefficient (Wildman–Crippen LogP) is 4.84. The molecule has 0 aliphatic carbocycles. The Morgan fingerprint density at radius 1 is 1.09 bits per heavy atom.